The van der Waals surface area contributed by atoms with Crippen molar-refractivity contribution in [1.82, 2.24) is 5.32 Å². The van der Waals surface area contributed by atoms with Crippen LogP contribution in [0.1, 0.15) is 44.1 Å². The van der Waals surface area contributed by atoms with Crippen molar-refractivity contribution in [1.29, 1.82) is 0 Å². The van der Waals surface area contributed by atoms with Crippen LogP contribution >= 0.6 is 0 Å². The maximum atomic E-state index is 6.04. The molecule has 0 radical (unpaired) electrons. The summed E-state index contributed by atoms with van der Waals surface area (Å²) < 4.78 is 0. The minimum Gasteiger partial charge on any atom is -0.316 e. The number of rotatable bonds is 3. The molecule has 1 fully saturated rings. The molecule has 18 heavy (non-hydrogen) atoms. The van der Waals surface area contributed by atoms with Gasteiger partial charge in [-0.15, -0.1) is 0 Å². The molecule has 2 rings (SSSR count). The number of hydrogen-bond donors (Lipinski definition) is 2. The van der Waals surface area contributed by atoms with E-state index in [4.69, 9.17) is 5.73 Å². The van der Waals surface area contributed by atoms with E-state index in [1.165, 1.54) is 31.2 Å². The average Bonchev–Trinajstić information content (AvgIpc) is 2.36. The van der Waals surface area contributed by atoms with Crippen LogP contribution in [0.2, 0.25) is 0 Å². The van der Waals surface area contributed by atoms with E-state index in [1.807, 2.05) is 6.07 Å². The predicted octanol–water partition coefficient (Wildman–Crippen LogP) is 3.30. The van der Waals surface area contributed by atoms with Crippen LogP contribution in [0.15, 0.2) is 36.4 Å². The van der Waals surface area contributed by atoms with Gasteiger partial charge in [-0.1, -0.05) is 61.7 Å². The molecule has 1 aromatic carbocycles. The maximum Gasteiger partial charge on any atom is 0.0548 e. The van der Waals surface area contributed by atoms with E-state index in [0.717, 1.165) is 12.8 Å². The summed E-state index contributed by atoms with van der Waals surface area (Å²) >= 11 is 0. The minimum absolute atomic E-state index is 0.181. The molecule has 0 aromatic heterocycles. The predicted molar refractivity (Wildman–Crippen MR) is 78.1 cm³/mol. The molecule has 2 heteroatoms. The molecule has 1 aromatic rings. The molecule has 2 nitrogen and oxygen atoms in total. The molecule has 0 spiro atoms. The summed E-state index contributed by atoms with van der Waals surface area (Å²) in [6, 6.07) is 11.0. The zero-order valence-electron chi connectivity index (χ0n) is 11.0. The van der Waals surface area contributed by atoms with E-state index in [1.54, 1.807) is 0 Å². The minimum atomic E-state index is 0.181. The Morgan fingerprint density at radius 3 is 2.72 bits per heavy atom. The third-order valence-corrected chi connectivity index (χ3v) is 3.55. The molecule has 98 valence electrons. The van der Waals surface area contributed by atoms with Gasteiger partial charge in [0.2, 0.25) is 0 Å². The van der Waals surface area contributed by atoms with Crippen LogP contribution in [0.5, 0.6) is 0 Å². The molecule has 1 heterocycles. The Hall–Kier alpha value is -1.12. The van der Waals surface area contributed by atoms with Gasteiger partial charge in [0.15, 0.2) is 0 Å². The number of nitrogens with two attached hydrogens (primary N) is 1. The highest BCUT2D eigenvalue weighted by molar-refractivity contribution is 5.48. The maximum absolute atomic E-state index is 6.04. The highest BCUT2D eigenvalue weighted by atomic mass is 15.0. The van der Waals surface area contributed by atoms with Crippen molar-refractivity contribution in [2.24, 2.45) is 5.73 Å². The lowest BCUT2D eigenvalue weighted by atomic mass is 10.00. The largest absolute Gasteiger partial charge is 0.316 e. The summed E-state index contributed by atoms with van der Waals surface area (Å²) in [6.45, 7) is 0. The van der Waals surface area contributed by atoms with Gasteiger partial charge in [0, 0.05) is 6.04 Å². The van der Waals surface area contributed by atoms with Crippen LogP contribution in [-0.2, 0) is 0 Å². The molecule has 2 unspecified atom stereocenters. The van der Waals surface area contributed by atoms with Crippen LogP contribution in [0, 0.1) is 0 Å². The summed E-state index contributed by atoms with van der Waals surface area (Å²) in [5.41, 5.74) is 7.31. The first kappa shape index (κ1) is 13.3. The van der Waals surface area contributed by atoms with E-state index in [-0.39, 0.29) is 6.17 Å². The molecule has 1 aliphatic heterocycles. The van der Waals surface area contributed by atoms with Gasteiger partial charge >= 0.3 is 0 Å². The first-order chi connectivity index (χ1) is 8.84. The molecule has 0 amide bonds. The van der Waals surface area contributed by atoms with Crippen molar-refractivity contribution in [3.8, 4) is 0 Å². The van der Waals surface area contributed by atoms with Gasteiger partial charge in [0.25, 0.3) is 0 Å². The van der Waals surface area contributed by atoms with Crippen molar-refractivity contribution in [2.75, 3.05) is 0 Å². The average molecular weight is 244 g/mol. The van der Waals surface area contributed by atoms with Crippen molar-refractivity contribution in [3.05, 3.63) is 42.0 Å². The molecule has 1 aliphatic rings. The second-order valence-electron chi connectivity index (χ2n) is 5.16. The van der Waals surface area contributed by atoms with Gasteiger partial charge in [-0.25, -0.2) is 0 Å². The van der Waals surface area contributed by atoms with Crippen molar-refractivity contribution < 1.29 is 0 Å². The number of nitrogens with one attached hydrogen (secondary N) is 1. The van der Waals surface area contributed by atoms with Crippen molar-refractivity contribution in [2.45, 2.75) is 50.7 Å². The molecular weight excluding hydrogens is 220 g/mol. The van der Waals surface area contributed by atoms with Gasteiger partial charge in [-0.05, 0) is 24.8 Å². The van der Waals surface area contributed by atoms with Crippen LogP contribution < -0.4 is 11.1 Å². The molecular formula is C16H24N2. The van der Waals surface area contributed by atoms with Crippen molar-refractivity contribution >= 4 is 6.08 Å². The van der Waals surface area contributed by atoms with Gasteiger partial charge in [0.1, 0.15) is 0 Å². The van der Waals surface area contributed by atoms with Crippen LogP contribution in [0.25, 0.3) is 6.08 Å². The topological polar surface area (TPSA) is 38.0 Å². The van der Waals surface area contributed by atoms with E-state index in [0.29, 0.717) is 6.04 Å². The monoisotopic (exact) mass is 244 g/mol. The summed E-state index contributed by atoms with van der Waals surface area (Å²) in [5.74, 6) is 0. The van der Waals surface area contributed by atoms with Crippen LogP contribution in [-0.4, -0.2) is 12.2 Å². The second-order valence-corrected chi connectivity index (χ2v) is 5.16. The normalized spacial score (nSPS) is 25.8. The Balaban J connectivity index is 1.82. The lowest BCUT2D eigenvalue weighted by Gasteiger charge is -2.25. The fourth-order valence-corrected chi connectivity index (χ4v) is 2.52. The van der Waals surface area contributed by atoms with Crippen LogP contribution in [0.3, 0.4) is 0 Å². The van der Waals surface area contributed by atoms with Gasteiger partial charge in [-0.2, -0.15) is 0 Å². The highest BCUT2D eigenvalue weighted by Gasteiger charge is 2.13. The molecule has 0 bridgehead atoms. The fourth-order valence-electron chi connectivity index (χ4n) is 2.52. The van der Waals surface area contributed by atoms with E-state index >= 15 is 0 Å². The summed E-state index contributed by atoms with van der Waals surface area (Å²) in [4.78, 5) is 0. The Kier molecular flexibility index (Phi) is 5.43. The number of hydrogen-bond acceptors (Lipinski definition) is 2. The van der Waals surface area contributed by atoms with Crippen molar-refractivity contribution in [3.63, 3.8) is 0 Å². The lowest BCUT2D eigenvalue weighted by molar-refractivity contribution is 0.351. The Morgan fingerprint density at radius 2 is 1.89 bits per heavy atom. The van der Waals surface area contributed by atoms with Gasteiger partial charge < -0.3 is 5.73 Å². The smallest absolute Gasteiger partial charge is 0.0548 e. The Morgan fingerprint density at radius 1 is 1.11 bits per heavy atom. The molecule has 3 N–H and O–H groups in total. The molecule has 0 aliphatic carbocycles. The van der Waals surface area contributed by atoms with E-state index < -0.39 is 0 Å². The molecule has 2 atom stereocenters. The quantitative estimate of drug-likeness (QED) is 0.856. The lowest BCUT2D eigenvalue weighted by Crippen LogP contribution is -2.44. The summed E-state index contributed by atoms with van der Waals surface area (Å²) in [6.07, 6.45) is 12.0. The zero-order chi connectivity index (χ0) is 12.6. The second kappa shape index (κ2) is 7.34. The van der Waals surface area contributed by atoms with Gasteiger partial charge in [-0.3, -0.25) is 5.32 Å². The zero-order valence-corrected chi connectivity index (χ0v) is 11.0. The standard InChI is InChI=1S/C16H24N2/c17-16-13-6-2-5-11-15(18-16)12-7-10-14-8-3-1-4-9-14/h1,3-4,7-10,15-16,18H,2,5-6,11-13,17H2. The van der Waals surface area contributed by atoms with Gasteiger partial charge in [0.05, 0.1) is 6.17 Å². The first-order valence-corrected chi connectivity index (χ1v) is 7.08. The summed E-state index contributed by atoms with van der Waals surface area (Å²) in [5, 5.41) is 3.53. The molecule has 0 saturated carbocycles. The third kappa shape index (κ3) is 4.63. The number of benzene rings is 1. The fraction of sp³-hybridized carbons (Fsp3) is 0.500. The molecule has 1 saturated heterocycles. The Bertz CT molecular complexity index is 359. The van der Waals surface area contributed by atoms with E-state index in [2.05, 4.69) is 41.7 Å². The van der Waals surface area contributed by atoms with E-state index in [9.17, 15) is 0 Å². The van der Waals surface area contributed by atoms with Crippen LogP contribution in [0.4, 0.5) is 0 Å². The summed E-state index contributed by atoms with van der Waals surface area (Å²) in [7, 11) is 0. The first-order valence-electron chi connectivity index (χ1n) is 7.08. The Labute approximate surface area is 110 Å². The SMILES string of the molecule is NC1CCCCCC(CC=Cc2ccccc2)N1. The highest BCUT2D eigenvalue weighted by Crippen LogP contribution is 2.14. The third-order valence-electron chi connectivity index (χ3n) is 3.55.